The van der Waals surface area contributed by atoms with E-state index in [0.29, 0.717) is 0 Å². The highest BCUT2D eigenvalue weighted by Crippen LogP contribution is 2.24. The topological polar surface area (TPSA) is 66.4 Å². The van der Waals surface area contributed by atoms with Gasteiger partial charge < -0.3 is 10.4 Å². The Bertz CT molecular complexity index is 257. The minimum Gasteiger partial charge on any atom is -0.480 e. The molecule has 0 radical (unpaired) electrons. The van der Waals surface area contributed by atoms with Crippen LogP contribution < -0.4 is 5.32 Å². The number of carboxylic acids is 1. The summed E-state index contributed by atoms with van der Waals surface area (Å²) in [5.41, 5.74) is 0. The van der Waals surface area contributed by atoms with Crippen LogP contribution in [0.2, 0.25) is 0 Å². The molecule has 4 heteroatoms. The van der Waals surface area contributed by atoms with E-state index in [0.717, 1.165) is 25.7 Å². The van der Waals surface area contributed by atoms with Gasteiger partial charge in [-0.2, -0.15) is 0 Å². The van der Waals surface area contributed by atoms with E-state index >= 15 is 0 Å². The second-order valence-corrected chi connectivity index (χ2v) is 3.91. The fourth-order valence-corrected chi connectivity index (χ4v) is 1.87. The van der Waals surface area contributed by atoms with Crippen LogP contribution in [0.1, 0.15) is 32.1 Å². The zero-order valence-corrected chi connectivity index (χ0v) is 8.74. The molecule has 1 rings (SSSR count). The van der Waals surface area contributed by atoms with Crippen LogP contribution in [0.3, 0.4) is 0 Å². The van der Waals surface area contributed by atoms with Crippen molar-refractivity contribution in [1.29, 1.82) is 0 Å². The highest BCUT2D eigenvalue weighted by molar-refractivity contribution is 5.85. The molecular formula is C11H17NO3. The molecule has 0 bridgehead atoms. The van der Waals surface area contributed by atoms with Crippen molar-refractivity contribution in [2.24, 2.45) is 5.92 Å². The average molecular weight is 211 g/mol. The minimum absolute atomic E-state index is 0.0108. The first-order valence-corrected chi connectivity index (χ1v) is 5.29. The summed E-state index contributed by atoms with van der Waals surface area (Å²) in [6, 6.07) is -0.824. The fourth-order valence-electron chi connectivity index (χ4n) is 1.87. The molecule has 1 fully saturated rings. The van der Waals surface area contributed by atoms with Crippen LogP contribution in [0.15, 0.2) is 12.7 Å². The molecule has 1 amide bonds. The summed E-state index contributed by atoms with van der Waals surface area (Å²) in [7, 11) is 0. The highest BCUT2D eigenvalue weighted by Gasteiger charge is 2.26. The van der Waals surface area contributed by atoms with Gasteiger partial charge in [0.15, 0.2) is 0 Å². The third kappa shape index (κ3) is 3.38. The van der Waals surface area contributed by atoms with Crippen LogP contribution >= 0.6 is 0 Å². The molecule has 1 saturated carbocycles. The molecule has 1 aliphatic carbocycles. The summed E-state index contributed by atoms with van der Waals surface area (Å²) >= 11 is 0. The predicted molar refractivity (Wildman–Crippen MR) is 56.3 cm³/mol. The Morgan fingerprint density at radius 1 is 1.47 bits per heavy atom. The minimum atomic E-state index is -0.999. The molecular weight excluding hydrogens is 194 g/mol. The van der Waals surface area contributed by atoms with Gasteiger partial charge in [0.2, 0.25) is 5.91 Å². The van der Waals surface area contributed by atoms with Gasteiger partial charge in [0.25, 0.3) is 0 Å². The summed E-state index contributed by atoms with van der Waals surface area (Å²) < 4.78 is 0. The van der Waals surface area contributed by atoms with E-state index in [-0.39, 0.29) is 18.2 Å². The van der Waals surface area contributed by atoms with Crippen LogP contribution in [0.25, 0.3) is 0 Å². The van der Waals surface area contributed by atoms with Crippen molar-refractivity contribution in [2.75, 3.05) is 0 Å². The highest BCUT2D eigenvalue weighted by atomic mass is 16.4. The normalized spacial score (nSPS) is 18.4. The van der Waals surface area contributed by atoms with E-state index in [1.165, 1.54) is 6.08 Å². The standard InChI is InChI=1S/C11H17NO3/c1-2-5-9(11(14)15)12-10(13)8-6-3-4-7-8/h2,8-9H,1,3-7H2,(H,12,13)(H,14,15). The molecule has 0 heterocycles. The van der Waals surface area contributed by atoms with E-state index < -0.39 is 12.0 Å². The van der Waals surface area contributed by atoms with E-state index in [1.807, 2.05) is 0 Å². The van der Waals surface area contributed by atoms with Crippen molar-refractivity contribution in [3.05, 3.63) is 12.7 Å². The van der Waals surface area contributed by atoms with Crippen LogP contribution in [-0.2, 0) is 9.59 Å². The molecule has 0 saturated heterocycles. The van der Waals surface area contributed by atoms with Crippen molar-refractivity contribution < 1.29 is 14.7 Å². The van der Waals surface area contributed by atoms with Gasteiger partial charge in [-0.15, -0.1) is 6.58 Å². The second kappa shape index (κ2) is 5.53. The molecule has 1 unspecified atom stereocenters. The summed E-state index contributed by atoms with van der Waals surface area (Å²) in [6.07, 6.45) is 5.68. The van der Waals surface area contributed by atoms with Crippen molar-refractivity contribution in [2.45, 2.75) is 38.1 Å². The lowest BCUT2D eigenvalue weighted by atomic mass is 10.1. The Kier molecular flexibility index (Phi) is 4.34. The van der Waals surface area contributed by atoms with Gasteiger partial charge in [0.05, 0.1) is 0 Å². The van der Waals surface area contributed by atoms with Crippen LogP contribution in [-0.4, -0.2) is 23.0 Å². The van der Waals surface area contributed by atoms with Gasteiger partial charge in [-0.05, 0) is 19.3 Å². The molecule has 0 aromatic rings. The van der Waals surface area contributed by atoms with Gasteiger partial charge in [0, 0.05) is 5.92 Å². The summed E-state index contributed by atoms with van der Waals surface area (Å²) in [4.78, 5) is 22.4. The molecule has 1 aliphatic rings. The number of carbonyl (C=O) groups is 2. The van der Waals surface area contributed by atoms with Gasteiger partial charge in [-0.25, -0.2) is 4.79 Å². The maximum atomic E-state index is 11.6. The Morgan fingerprint density at radius 3 is 2.53 bits per heavy atom. The van der Waals surface area contributed by atoms with E-state index in [2.05, 4.69) is 11.9 Å². The van der Waals surface area contributed by atoms with E-state index in [1.54, 1.807) is 0 Å². The van der Waals surface area contributed by atoms with Crippen LogP contribution in [0.4, 0.5) is 0 Å². The molecule has 0 spiro atoms. The SMILES string of the molecule is C=CCC(NC(=O)C1CCCC1)C(=O)O. The molecule has 2 N–H and O–H groups in total. The molecule has 15 heavy (non-hydrogen) atoms. The first-order valence-electron chi connectivity index (χ1n) is 5.29. The number of hydrogen-bond acceptors (Lipinski definition) is 2. The van der Waals surface area contributed by atoms with Crippen molar-refractivity contribution >= 4 is 11.9 Å². The Balaban J connectivity index is 2.45. The lowest BCUT2D eigenvalue weighted by Gasteiger charge is -2.15. The average Bonchev–Trinajstić information content (AvgIpc) is 2.69. The first-order chi connectivity index (χ1) is 7.15. The third-order valence-corrected chi connectivity index (χ3v) is 2.74. The number of nitrogens with one attached hydrogen (secondary N) is 1. The largest absolute Gasteiger partial charge is 0.480 e. The number of rotatable bonds is 5. The van der Waals surface area contributed by atoms with Crippen molar-refractivity contribution in [3.63, 3.8) is 0 Å². The monoisotopic (exact) mass is 211 g/mol. The lowest BCUT2D eigenvalue weighted by molar-refractivity contribution is -0.142. The fraction of sp³-hybridized carbons (Fsp3) is 0.636. The maximum absolute atomic E-state index is 11.6. The number of carbonyl (C=O) groups excluding carboxylic acids is 1. The smallest absolute Gasteiger partial charge is 0.326 e. The van der Waals surface area contributed by atoms with Crippen molar-refractivity contribution in [3.8, 4) is 0 Å². The zero-order chi connectivity index (χ0) is 11.3. The number of hydrogen-bond donors (Lipinski definition) is 2. The van der Waals surface area contributed by atoms with Gasteiger partial charge in [0.1, 0.15) is 6.04 Å². The summed E-state index contributed by atoms with van der Waals surface area (Å²) in [5.74, 6) is -1.11. The molecule has 0 aromatic carbocycles. The Morgan fingerprint density at radius 2 is 2.07 bits per heavy atom. The lowest BCUT2D eigenvalue weighted by Crippen LogP contribution is -2.42. The molecule has 0 aliphatic heterocycles. The Hall–Kier alpha value is -1.32. The number of carboxylic acid groups (broad SMARTS) is 1. The second-order valence-electron chi connectivity index (χ2n) is 3.91. The molecule has 1 atom stereocenters. The van der Waals surface area contributed by atoms with Gasteiger partial charge >= 0.3 is 5.97 Å². The Labute approximate surface area is 89.4 Å². The van der Waals surface area contributed by atoms with Crippen LogP contribution in [0.5, 0.6) is 0 Å². The molecule has 0 aromatic heterocycles. The van der Waals surface area contributed by atoms with E-state index in [9.17, 15) is 9.59 Å². The maximum Gasteiger partial charge on any atom is 0.326 e. The quantitative estimate of drug-likeness (QED) is 0.674. The zero-order valence-electron chi connectivity index (χ0n) is 8.74. The predicted octanol–water partition coefficient (Wildman–Crippen LogP) is 1.32. The van der Waals surface area contributed by atoms with Gasteiger partial charge in [-0.3, -0.25) is 4.79 Å². The van der Waals surface area contributed by atoms with Gasteiger partial charge in [-0.1, -0.05) is 18.9 Å². The third-order valence-electron chi connectivity index (χ3n) is 2.74. The number of aliphatic carboxylic acids is 1. The van der Waals surface area contributed by atoms with Crippen molar-refractivity contribution in [1.82, 2.24) is 5.32 Å². The van der Waals surface area contributed by atoms with Crippen LogP contribution in [0, 0.1) is 5.92 Å². The number of amides is 1. The molecule has 84 valence electrons. The molecule has 4 nitrogen and oxygen atoms in total. The first kappa shape index (κ1) is 11.8. The van der Waals surface area contributed by atoms with E-state index in [4.69, 9.17) is 5.11 Å². The summed E-state index contributed by atoms with van der Waals surface area (Å²) in [6.45, 7) is 3.47. The summed E-state index contributed by atoms with van der Waals surface area (Å²) in [5, 5.41) is 11.4.